The minimum absolute atomic E-state index is 0.109. The van der Waals surface area contributed by atoms with Crippen LogP contribution in [0.25, 0.3) is 0 Å². The minimum atomic E-state index is -0.544. The molecule has 0 saturated carbocycles. The first-order valence-corrected chi connectivity index (χ1v) is 5.99. The molecule has 0 aromatic heterocycles. The van der Waals surface area contributed by atoms with Crippen LogP contribution in [0.4, 0.5) is 8.78 Å². The summed E-state index contributed by atoms with van der Waals surface area (Å²) in [4.78, 5) is 2.09. The fourth-order valence-electron chi connectivity index (χ4n) is 2.41. The Morgan fingerprint density at radius 3 is 2.53 bits per heavy atom. The summed E-state index contributed by atoms with van der Waals surface area (Å²) >= 11 is 0. The molecular formula is C13H17F2NO. The number of halogens is 2. The molecule has 0 aliphatic carbocycles. The van der Waals surface area contributed by atoms with Crippen molar-refractivity contribution in [3.8, 4) is 0 Å². The number of benzene rings is 1. The third-order valence-electron chi connectivity index (χ3n) is 3.27. The molecule has 1 fully saturated rings. The highest BCUT2D eigenvalue weighted by atomic mass is 19.1. The summed E-state index contributed by atoms with van der Waals surface area (Å²) in [6, 6.07) is 3.71. The summed E-state index contributed by atoms with van der Waals surface area (Å²) in [6.07, 6.45) is 3.14. The highest BCUT2D eigenvalue weighted by Crippen LogP contribution is 2.20. The topological polar surface area (TPSA) is 23.5 Å². The number of nitrogens with zero attached hydrogens (tertiary/aromatic N) is 1. The van der Waals surface area contributed by atoms with Gasteiger partial charge in [-0.2, -0.15) is 0 Å². The summed E-state index contributed by atoms with van der Waals surface area (Å²) in [5, 5.41) is 9.26. The Labute approximate surface area is 99.9 Å². The van der Waals surface area contributed by atoms with Crippen molar-refractivity contribution < 1.29 is 13.9 Å². The van der Waals surface area contributed by atoms with Gasteiger partial charge in [0.05, 0.1) is 6.61 Å². The smallest absolute Gasteiger partial charge is 0.126 e. The standard InChI is InChI=1S/C13H17F2NO/c14-11-5-10(6-12(15)7-11)8-16-4-2-1-3-13(16)9-17/h5-7,13,17H,1-4,8-9H2. The van der Waals surface area contributed by atoms with Gasteiger partial charge in [-0.05, 0) is 37.1 Å². The van der Waals surface area contributed by atoms with Gasteiger partial charge in [0.2, 0.25) is 0 Å². The molecule has 1 aromatic carbocycles. The van der Waals surface area contributed by atoms with E-state index in [0.29, 0.717) is 12.1 Å². The first-order valence-electron chi connectivity index (χ1n) is 5.99. The highest BCUT2D eigenvalue weighted by molar-refractivity contribution is 5.18. The molecule has 17 heavy (non-hydrogen) atoms. The number of aliphatic hydroxyl groups excluding tert-OH is 1. The van der Waals surface area contributed by atoms with E-state index in [2.05, 4.69) is 4.90 Å². The van der Waals surface area contributed by atoms with Crippen molar-refractivity contribution in [2.75, 3.05) is 13.2 Å². The van der Waals surface area contributed by atoms with Gasteiger partial charge in [-0.25, -0.2) is 8.78 Å². The molecule has 0 spiro atoms. The molecule has 1 atom stereocenters. The molecule has 1 heterocycles. The van der Waals surface area contributed by atoms with Crippen LogP contribution in [0.5, 0.6) is 0 Å². The fraction of sp³-hybridized carbons (Fsp3) is 0.538. The first kappa shape index (κ1) is 12.5. The maximum absolute atomic E-state index is 13.1. The predicted octanol–water partition coefficient (Wildman–Crippen LogP) is 2.31. The van der Waals surface area contributed by atoms with E-state index in [1.807, 2.05) is 0 Å². The zero-order valence-electron chi connectivity index (χ0n) is 9.70. The van der Waals surface area contributed by atoms with Crippen LogP contribution < -0.4 is 0 Å². The van der Waals surface area contributed by atoms with E-state index in [4.69, 9.17) is 0 Å². The number of piperidine rings is 1. The van der Waals surface area contributed by atoms with Gasteiger partial charge in [0, 0.05) is 18.7 Å². The van der Waals surface area contributed by atoms with E-state index in [0.717, 1.165) is 31.9 Å². The summed E-state index contributed by atoms with van der Waals surface area (Å²) in [7, 11) is 0. The van der Waals surface area contributed by atoms with Crippen LogP contribution in [0.1, 0.15) is 24.8 Å². The molecule has 94 valence electrons. The molecule has 2 rings (SSSR count). The highest BCUT2D eigenvalue weighted by Gasteiger charge is 2.21. The van der Waals surface area contributed by atoms with E-state index in [1.165, 1.54) is 12.1 Å². The number of hydrogen-bond donors (Lipinski definition) is 1. The fourth-order valence-corrected chi connectivity index (χ4v) is 2.41. The number of rotatable bonds is 3. The Balaban J connectivity index is 2.08. The number of hydrogen-bond acceptors (Lipinski definition) is 2. The van der Waals surface area contributed by atoms with Gasteiger partial charge in [-0.3, -0.25) is 4.90 Å². The van der Waals surface area contributed by atoms with E-state index in [1.54, 1.807) is 0 Å². The van der Waals surface area contributed by atoms with Crippen LogP contribution in [0, 0.1) is 11.6 Å². The Hall–Kier alpha value is -1.00. The molecule has 1 aliphatic heterocycles. The number of likely N-dealkylation sites (tertiary alicyclic amines) is 1. The van der Waals surface area contributed by atoms with Crippen molar-refractivity contribution in [1.29, 1.82) is 0 Å². The Morgan fingerprint density at radius 1 is 1.18 bits per heavy atom. The van der Waals surface area contributed by atoms with Crippen LogP contribution in [0.15, 0.2) is 18.2 Å². The second-order valence-electron chi connectivity index (χ2n) is 4.58. The largest absolute Gasteiger partial charge is 0.395 e. The van der Waals surface area contributed by atoms with Crippen LogP contribution in [0.3, 0.4) is 0 Å². The van der Waals surface area contributed by atoms with Gasteiger partial charge in [0.25, 0.3) is 0 Å². The van der Waals surface area contributed by atoms with Crippen LogP contribution in [-0.2, 0) is 6.54 Å². The van der Waals surface area contributed by atoms with E-state index in [9.17, 15) is 13.9 Å². The maximum Gasteiger partial charge on any atom is 0.126 e. The van der Waals surface area contributed by atoms with Crippen molar-refractivity contribution in [2.24, 2.45) is 0 Å². The van der Waals surface area contributed by atoms with E-state index >= 15 is 0 Å². The monoisotopic (exact) mass is 241 g/mol. The molecule has 1 aliphatic rings. The zero-order chi connectivity index (χ0) is 12.3. The van der Waals surface area contributed by atoms with Gasteiger partial charge in [-0.1, -0.05) is 6.42 Å². The molecular weight excluding hydrogens is 224 g/mol. The third-order valence-corrected chi connectivity index (χ3v) is 3.27. The van der Waals surface area contributed by atoms with Gasteiger partial charge >= 0.3 is 0 Å². The predicted molar refractivity (Wildman–Crippen MR) is 61.5 cm³/mol. The molecule has 1 N–H and O–H groups in total. The molecule has 2 nitrogen and oxygen atoms in total. The van der Waals surface area contributed by atoms with Crippen LogP contribution in [-0.4, -0.2) is 29.2 Å². The van der Waals surface area contributed by atoms with Crippen molar-refractivity contribution in [2.45, 2.75) is 31.8 Å². The van der Waals surface area contributed by atoms with Crippen molar-refractivity contribution in [3.63, 3.8) is 0 Å². The van der Waals surface area contributed by atoms with Gasteiger partial charge in [0.1, 0.15) is 11.6 Å². The molecule has 1 saturated heterocycles. The summed E-state index contributed by atoms with van der Waals surface area (Å²) < 4.78 is 26.1. The quantitative estimate of drug-likeness (QED) is 0.877. The molecule has 1 unspecified atom stereocenters. The van der Waals surface area contributed by atoms with Gasteiger partial charge in [-0.15, -0.1) is 0 Å². The van der Waals surface area contributed by atoms with Crippen molar-refractivity contribution in [1.82, 2.24) is 4.90 Å². The van der Waals surface area contributed by atoms with Crippen molar-refractivity contribution >= 4 is 0 Å². The second-order valence-corrected chi connectivity index (χ2v) is 4.58. The lowest BCUT2D eigenvalue weighted by Crippen LogP contribution is -2.41. The lowest BCUT2D eigenvalue weighted by molar-refractivity contribution is 0.0840. The van der Waals surface area contributed by atoms with E-state index < -0.39 is 11.6 Å². The summed E-state index contributed by atoms with van der Waals surface area (Å²) in [5.41, 5.74) is 0.628. The average Bonchev–Trinajstić information content (AvgIpc) is 2.28. The molecule has 1 aromatic rings. The zero-order valence-corrected chi connectivity index (χ0v) is 9.70. The van der Waals surface area contributed by atoms with E-state index in [-0.39, 0.29) is 12.6 Å². The third kappa shape index (κ3) is 3.23. The molecule has 0 radical (unpaired) electrons. The van der Waals surface area contributed by atoms with Crippen molar-refractivity contribution in [3.05, 3.63) is 35.4 Å². The number of aliphatic hydroxyl groups is 1. The molecule has 0 bridgehead atoms. The van der Waals surface area contributed by atoms with Gasteiger partial charge < -0.3 is 5.11 Å². The Kier molecular flexibility index (Phi) is 4.07. The van der Waals surface area contributed by atoms with Crippen LogP contribution >= 0.6 is 0 Å². The molecule has 0 amide bonds. The second kappa shape index (κ2) is 5.56. The van der Waals surface area contributed by atoms with Crippen LogP contribution in [0.2, 0.25) is 0 Å². The summed E-state index contributed by atoms with van der Waals surface area (Å²) in [6.45, 7) is 1.49. The van der Waals surface area contributed by atoms with Gasteiger partial charge in [0.15, 0.2) is 0 Å². The maximum atomic E-state index is 13.1. The lowest BCUT2D eigenvalue weighted by atomic mass is 10.0. The SMILES string of the molecule is OCC1CCCCN1Cc1cc(F)cc(F)c1. The Bertz CT molecular complexity index is 363. The lowest BCUT2D eigenvalue weighted by Gasteiger charge is -2.34. The first-order chi connectivity index (χ1) is 8.19. The minimum Gasteiger partial charge on any atom is -0.395 e. The average molecular weight is 241 g/mol. The molecule has 4 heteroatoms. The summed E-state index contributed by atoms with van der Waals surface area (Å²) in [5.74, 6) is -1.09. The Morgan fingerprint density at radius 2 is 1.88 bits per heavy atom. The normalized spacial score (nSPS) is 21.7.